The molecule has 2 atom stereocenters. The van der Waals surface area contributed by atoms with Gasteiger partial charge in [-0.1, -0.05) is 51.1 Å². The lowest BCUT2D eigenvalue weighted by molar-refractivity contribution is 0.0348. The molecule has 0 spiro atoms. The highest BCUT2D eigenvalue weighted by Crippen LogP contribution is 2.25. The molecule has 0 saturated heterocycles. The van der Waals surface area contributed by atoms with Gasteiger partial charge in [0.1, 0.15) is 0 Å². The summed E-state index contributed by atoms with van der Waals surface area (Å²) in [5, 5.41) is 10.5. The van der Waals surface area contributed by atoms with Crippen molar-refractivity contribution < 1.29 is 5.11 Å². The van der Waals surface area contributed by atoms with Crippen LogP contribution in [0.3, 0.4) is 0 Å². The van der Waals surface area contributed by atoms with Crippen molar-refractivity contribution in [2.24, 2.45) is 0 Å². The van der Waals surface area contributed by atoms with Gasteiger partial charge in [-0.25, -0.2) is 0 Å². The minimum absolute atomic E-state index is 0.192. The largest absolute Gasteiger partial charge is 0.387 e. The molecule has 0 aliphatic rings. The minimum Gasteiger partial charge on any atom is -0.387 e. The molecule has 0 heterocycles. The minimum atomic E-state index is -0.401. The second-order valence-corrected chi connectivity index (χ2v) is 4.97. The highest BCUT2D eigenvalue weighted by Gasteiger charge is 2.26. The summed E-state index contributed by atoms with van der Waals surface area (Å²) in [6.45, 7) is 6.58. The molecule has 2 heteroatoms. The first kappa shape index (κ1) is 15.2. The number of hydrogen-bond donors (Lipinski definition) is 1. The summed E-state index contributed by atoms with van der Waals surface area (Å²) >= 11 is 0. The molecule has 2 unspecified atom stereocenters. The summed E-state index contributed by atoms with van der Waals surface area (Å²) in [4.78, 5) is 2.34. The van der Waals surface area contributed by atoms with Crippen LogP contribution in [0.2, 0.25) is 0 Å². The molecule has 2 nitrogen and oxygen atoms in total. The second kappa shape index (κ2) is 7.55. The quantitative estimate of drug-likeness (QED) is 0.798. The van der Waals surface area contributed by atoms with Crippen molar-refractivity contribution in [2.45, 2.75) is 58.2 Å². The molecule has 0 saturated carbocycles. The monoisotopic (exact) mass is 249 g/mol. The van der Waals surface area contributed by atoms with Crippen LogP contribution >= 0.6 is 0 Å². The van der Waals surface area contributed by atoms with Crippen LogP contribution in [0.5, 0.6) is 0 Å². The predicted octanol–water partition coefficient (Wildman–Crippen LogP) is 3.62. The van der Waals surface area contributed by atoms with E-state index >= 15 is 0 Å². The fourth-order valence-electron chi connectivity index (χ4n) is 2.74. The first-order chi connectivity index (χ1) is 8.65. The number of hydrogen-bond acceptors (Lipinski definition) is 2. The van der Waals surface area contributed by atoms with Crippen molar-refractivity contribution >= 4 is 0 Å². The summed E-state index contributed by atoms with van der Waals surface area (Å²) in [6, 6.07) is 10.7. The summed E-state index contributed by atoms with van der Waals surface area (Å²) < 4.78 is 0. The number of nitrogens with zero attached hydrogens (tertiary/aromatic N) is 1. The van der Waals surface area contributed by atoms with E-state index in [2.05, 4.69) is 32.7 Å². The van der Waals surface area contributed by atoms with Crippen molar-refractivity contribution in [3.8, 4) is 0 Å². The van der Waals surface area contributed by atoms with Gasteiger partial charge in [0.25, 0.3) is 0 Å². The molecule has 0 aliphatic carbocycles. The number of aliphatic hydroxyl groups excluding tert-OH is 1. The van der Waals surface area contributed by atoms with Gasteiger partial charge in [-0.2, -0.15) is 0 Å². The molecule has 1 aromatic carbocycles. The SMILES string of the molecule is CCC(CC)N(C)C(CC)C(O)c1ccccc1. The molecule has 0 bridgehead atoms. The van der Waals surface area contributed by atoms with Crippen LogP contribution in [0.4, 0.5) is 0 Å². The van der Waals surface area contributed by atoms with E-state index in [1.807, 2.05) is 30.3 Å². The van der Waals surface area contributed by atoms with E-state index in [1.165, 1.54) is 0 Å². The Balaban J connectivity index is 2.82. The van der Waals surface area contributed by atoms with Crippen LogP contribution in [-0.4, -0.2) is 29.1 Å². The molecule has 0 radical (unpaired) electrons. The highest BCUT2D eigenvalue weighted by molar-refractivity contribution is 5.18. The molecule has 0 aliphatic heterocycles. The van der Waals surface area contributed by atoms with E-state index in [9.17, 15) is 5.11 Å². The second-order valence-electron chi connectivity index (χ2n) is 4.97. The Morgan fingerprint density at radius 2 is 1.56 bits per heavy atom. The van der Waals surface area contributed by atoms with Crippen molar-refractivity contribution in [3.05, 3.63) is 35.9 Å². The van der Waals surface area contributed by atoms with Crippen LogP contribution in [0.15, 0.2) is 30.3 Å². The smallest absolute Gasteiger partial charge is 0.0945 e. The number of benzene rings is 1. The molecular weight excluding hydrogens is 222 g/mol. The maximum Gasteiger partial charge on any atom is 0.0945 e. The van der Waals surface area contributed by atoms with E-state index in [-0.39, 0.29) is 6.04 Å². The van der Waals surface area contributed by atoms with Crippen LogP contribution in [0.1, 0.15) is 51.7 Å². The van der Waals surface area contributed by atoms with Gasteiger partial charge in [-0.05, 0) is 31.9 Å². The third kappa shape index (κ3) is 3.56. The van der Waals surface area contributed by atoms with Crippen molar-refractivity contribution in [2.75, 3.05) is 7.05 Å². The number of rotatable bonds is 7. The molecular formula is C16H27NO. The lowest BCUT2D eigenvalue weighted by atomic mass is 9.97. The Bertz CT molecular complexity index is 321. The maximum atomic E-state index is 10.5. The zero-order chi connectivity index (χ0) is 13.5. The van der Waals surface area contributed by atoms with Crippen molar-refractivity contribution in [1.29, 1.82) is 0 Å². The molecule has 0 aromatic heterocycles. The average molecular weight is 249 g/mol. The van der Waals surface area contributed by atoms with Crippen LogP contribution in [0, 0.1) is 0 Å². The van der Waals surface area contributed by atoms with E-state index in [1.54, 1.807) is 0 Å². The lowest BCUT2D eigenvalue weighted by Crippen LogP contribution is -2.42. The molecule has 1 rings (SSSR count). The van der Waals surface area contributed by atoms with Gasteiger partial charge < -0.3 is 5.11 Å². The third-order valence-electron chi connectivity index (χ3n) is 3.97. The van der Waals surface area contributed by atoms with E-state index in [4.69, 9.17) is 0 Å². The average Bonchev–Trinajstić information content (AvgIpc) is 2.42. The first-order valence-electron chi connectivity index (χ1n) is 7.10. The Morgan fingerprint density at radius 1 is 1.00 bits per heavy atom. The Kier molecular flexibility index (Phi) is 6.37. The number of likely N-dealkylation sites (N-methyl/N-ethyl adjacent to an activating group) is 1. The Morgan fingerprint density at radius 3 is 2.00 bits per heavy atom. The van der Waals surface area contributed by atoms with Gasteiger partial charge in [-0.15, -0.1) is 0 Å². The summed E-state index contributed by atoms with van der Waals surface area (Å²) in [5.41, 5.74) is 1.02. The first-order valence-corrected chi connectivity index (χ1v) is 7.10. The zero-order valence-corrected chi connectivity index (χ0v) is 12.1. The topological polar surface area (TPSA) is 23.5 Å². The molecule has 1 N–H and O–H groups in total. The maximum absolute atomic E-state index is 10.5. The molecule has 1 aromatic rings. The van der Waals surface area contributed by atoms with E-state index in [0.717, 1.165) is 24.8 Å². The van der Waals surface area contributed by atoms with Gasteiger partial charge in [0.15, 0.2) is 0 Å². The number of aliphatic hydroxyl groups is 1. The van der Waals surface area contributed by atoms with Crippen molar-refractivity contribution in [3.63, 3.8) is 0 Å². The molecule has 102 valence electrons. The summed E-state index contributed by atoms with van der Waals surface area (Å²) in [6.07, 6.45) is 2.82. The summed E-state index contributed by atoms with van der Waals surface area (Å²) in [7, 11) is 2.14. The Hall–Kier alpha value is -0.860. The van der Waals surface area contributed by atoms with E-state index < -0.39 is 6.10 Å². The summed E-state index contributed by atoms with van der Waals surface area (Å²) in [5.74, 6) is 0. The normalized spacial score (nSPS) is 15.1. The third-order valence-corrected chi connectivity index (χ3v) is 3.97. The fourth-order valence-corrected chi connectivity index (χ4v) is 2.74. The van der Waals surface area contributed by atoms with Crippen LogP contribution < -0.4 is 0 Å². The van der Waals surface area contributed by atoms with Gasteiger partial charge >= 0.3 is 0 Å². The highest BCUT2D eigenvalue weighted by atomic mass is 16.3. The van der Waals surface area contributed by atoms with Crippen LogP contribution in [0.25, 0.3) is 0 Å². The van der Waals surface area contributed by atoms with Gasteiger partial charge in [-0.3, -0.25) is 4.90 Å². The molecule has 0 amide bonds. The molecule has 18 heavy (non-hydrogen) atoms. The standard InChI is InChI=1S/C16H27NO/c1-5-14(6-2)17(4)15(7-3)16(18)13-11-9-8-10-12-13/h8-12,14-16,18H,5-7H2,1-4H3. The van der Waals surface area contributed by atoms with Crippen molar-refractivity contribution in [1.82, 2.24) is 4.90 Å². The Labute approximate surface area is 112 Å². The predicted molar refractivity (Wildman–Crippen MR) is 77.6 cm³/mol. The van der Waals surface area contributed by atoms with E-state index in [0.29, 0.717) is 6.04 Å². The zero-order valence-electron chi connectivity index (χ0n) is 12.1. The van der Waals surface area contributed by atoms with Gasteiger partial charge in [0, 0.05) is 12.1 Å². The molecule has 0 fully saturated rings. The van der Waals surface area contributed by atoms with Crippen LogP contribution in [-0.2, 0) is 0 Å². The van der Waals surface area contributed by atoms with Gasteiger partial charge in [0.05, 0.1) is 6.10 Å². The van der Waals surface area contributed by atoms with Gasteiger partial charge in [0.2, 0.25) is 0 Å². The fraction of sp³-hybridized carbons (Fsp3) is 0.625. The lowest BCUT2D eigenvalue weighted by Gasteiger charge is -2.36.